The Morgan fingerprint density at radius 2 is 1.76 bits per heavy atom. The summed E-state index contributed by atoms with van der Waals surface area (Å²) in [5, 5.41) is 22.5. The summed E-state index contributed by atoms with van der Waals surface area (Å²) in [6, 6.07) is 28.4. The molecule has 3 heterocycles. The molecule has 0 radical (unpaired) electrons. The average molecular weight is 557 g/mol. The summed E-state index contributed by atoms with van der Waals surface area (Å²) < 4.78 is 2.03. The minimum Gasteiger partial charge on any atom is -0.384 e. The second kappa shape index (κ2) is 11.7. The molecule has 3 aromatic heterocycles. The Kier molecular flexibility index (Phi) is 7.36. The van der Waals surface area contributed by atoms with E-state index in [0.717, 1.165) is 29.6 Å². The van der Waals surface area contributed by atoms with E-state index in [2.05, 4.69) is 105 Å². The molecule has 1 aliphatic carbocycles. The van der Waals surface area contributed by atoms with Crippen molar-refractivity contribution >= 4 is 27.8 Å². The smallest absolute Gasteiger partial charge is 0.178 e. The first-order valence-electron chi connectivity index (χ1n) is 15.0. The molecule has 42 heavy (non-hydrogen) atoms. The van der Waals surface area contributed by atoms with Crippen LogP contribution in [0.25, 0.3) is 21.9 Å². The Balaban J connectivity index is 1.09. The Bertz CT molecular complexity index is 1780. The van der Waals surface area contributed by atoms with Crippen molar-refractivity contribution in [3.8, 4) is 0 Å². The van der Waals surface area contributed by atoms with Crippen LogP contribution >= 0.6 is 0 Å². The number of pyridine rings is 1. The zero-order valence-electron chi connectivity index (χ0n) is 23.7. The van der Waals surface area contributed by atoms with Gasteiger partial charge in [-0.2, -0.15) is 5.10 Å². The maximum atomic E-state index is 6.24. The van der Waals surface area contributed by atoms with Crippen molar-refractivity contribution in [3.05, 3.63) is 114 Å². The van der Waals surface area contributed by atoms with Gasteiger partial charge >= 0.3 is 0 Å². The van der Waals surface area contributed by atoms with Crippen LogP contribution in [0.1, 0.15) is 66.2 Å². The molecular weight excluding hydrogens is 520 g/mol. The predicted molar refractivity (Wildman–Crippen MR) is 167 cm³/mol. The van der Waals surface area contributed by atoms with Crippen molar-refractivity contribution in [2.45, 2.75) is 56.5 Å². The molecule has 0 spiro atoms. The van der Waals surface area contributed by atoms with Gasteiger partial charge in [0.1, 0.15) is 11.3 Å². The molecule has 8 heteroatoms. The van der Waals surface area contributed by atoms with E-state index < -0.39 is 0 Å². The molecule has 0 bridgehead atoms. The maximum absolute atomic E-state index is 6.24. The molecule has 0 aliphatic heterocycles. The first-order valence-corrected chi connectivity index (χ1v) is 15.0. The number of rotatable bonds is 9. The Morgan fingerprint density at radius 1 is 0.952 bits per heavy atom. The highest BCUT2D eigenvalue weighted by molar-refractivity contribution is 5.85. The molecule has 0 amide bonds. The SMILES string of the molecule is Nc1cc(C(CCN[C@H]2CC[C@H](c3ccccc3)CC2)c2cnn(Cc3cccc4ccccc34)c2)c2nn[nH]c2n1. The zero-order chi connectivity index (χ0) is 28.3. The second-order valence-corrected chi connectivity index (χ2v) is 11.5. The summed E-state index contributed by atoms with van der Waals surface area (Å²) in [5.74, 6) is 1.19. The summed E-state index contributed by atoms with van der Waals surface area (Å²) in [7, 11) is 0. The minimum absolute atomic E-state index is 0.0531. The normalized spacial score (nSPS) is 18.0. The predicted octanol–water partition coefficient (Wildman–Crippen LogP) is 6.17. The fourth-order valence-electron chi connectivity index (χ4n) is 6.69. The van der Waals surface area contributed by atoms with Crippen molar-refractivity contribution in [1.82, 2.24) is 35.5 Å². The standard InChI is InChI=1S/C34H36N8/c35-32-19-31(33-34(38-32)40-41-39-33)30(17-18-36-28-15-13-24(14-16-28)23-7-2-1-3-8-23)27-20-37-42(22-27)21-26-11-6-10-25-9-4-5-12-29(25)26/h1-12,19-20,22,24,28,30,36H,13-18,21H2,(H3,35,38,39,40,41)/t24-,28-,30?. The van der Waals surface area contributed by atoms with E-state index in [1.807, 2.05) is 16.9 Å². The Labute approximate surface area is 245 Å². The lowest BCUT2D eigenvalue weighted by Gasteiger charge is -2.30. The van der Waals surface area contributed by atoms with Crippen molar-refractivity contribution < 1.29 is 0 Å². The summed E-state index contributed by atoms with van der Waals surface area (Å²) in [5.41, 5.74) is 12.5. The number of hydrogen-bond acceptors (Lipinski definition) is 6. The molecule has 1 aliphatic rings. The molecule has 0 saturated heterocycles. The van der Waals surface area contributed by atoms with Crippen molar-refractivity contribution in [3.63, 3.8) is 0 Å². The number of aromatic amines is 1. The first kappa shape index (κ1) is 26.3. The number of hydrogen-bond donors (Lipinski definition) is 3. The van der Waals surface area contributed by atoms with Crippen LogP contribution in [0.5, 0.6) is 0 Å². The number of benzene rings is 3. The van der Waals surface area contributed by atoms with Gasteiger partial charge in [0.15, 0.2) is 5.65 Å². The molecule has 6 aromatic rings. The fourth-order valence-corrected chi connectivity index (χ4v) is 6.69. The second-order valence-electron chi connectivity index (χ2n) is 11.5. The van der Waals surface area contributed by atoms with E-state index in [0.29, 0.717) is 30.0 Å². The third-order valence-electron chi connectivity index (χ3n) is 8.86. The summed E-state index contributed by atoms with van der Waals surface area (Å²) >= 11 is 0. The number of anilines is 1. The zero-order valence-corrected chi connectivity index (χ0v) is 23.7. The number of nitrogens with zero attached hydrogens (tertiary/aromatic N) is 5. The van der Waals surface area contributed by atoms with E-state index in [1.165, 1.54) is 47.6 Å². The fraction of sp³-hybridized carbons (Fsp3) is 0.294. The van der Waals surface area contributed by atoms with Gasteiger partial charge in [-0.05, 0) is 83.7 Å². The molecular formula is C34H36N8. The molecule has 4 N–H and O–H groups in total. The number of fused-ring (bicyclic) bond motifs is 2. The summed E-state index contributed by atoms with van der Waals surface area (Å²) in [4.78, 5) is 4.41. The number of nitrogens with one attached hydrogen (secondary N) is 2. The van der Waals surface area contributed by atoms with Crippen LogP contribution in [0.15, 0.2) is 91.3 Å². The number of nitrogens with two attached hydrogens (primary N) is 1. The van der Waals surface area contributed by atoms with Gasteiger partial charge in [-0.25, -0.2) is 10.1 Å². The summed E-state index contributed by atoms with van der Waals surface area (Å²) in [6.07, 6.45) is 9.90. The quantitative estimate of drug-likeness (QED) is 0.196. The van der Waals surface area contributed by atoms with Crippen molar-refractivity contribution in [2.75, 3.05) is 12.3 Å². The van der Waals surface area contributed by atoms with Crippen LogP contribution in [-0.4, -0.2) is 42.8 Å². The lowest BCUT2D eigenvalue weighted by atomic mass is 9.81. The highest BCUT2D eigenvalue weighted by Crippen LogP contribution is 2.35. The van der Waals surface area contributed by atoms with E-state index in [1.54, 1.807) is 0 Å². The maximum Gasteiger partial charge on any atom is 0.178 e. The van der Waals surface area contributed by atoms with Gasteiger partial charge in [0.2, 0.25) is 0 Å². The largest absolute Gasteiger partial charge is 0.384 e. The Hall–Kier alpha value is -4.56. The van der Waals surface area contributed by atoms with E-state index >= 15 is 0 Å². The van der Waals surface area contributed by atoms with E-state index in [9.17, 15) is 0 Å². The van der Waals surface area contributed by atoms with Gasteiger partial charge in [0.05, 0.1) is 12.7 Å². The molecule has 1 fully saturated rings. The van der Waals surface area contributed by atoms with Gasteiger partial charge in [-0.1, -0.05) is 78.0 Å². The lowest BCUT2D eigenvalue weighted by Crippen LogP contribution is -2.34. The monoisotopic (exact) mass is 556 g/mol. The van der Waals surface area contributed by atoms with E-state index in [-0.39, 0.29) is 5.92 Å². The van der Waals surface area contributed by atoms with Crippen LogP contribution in [0.2, 0.25) is 0 Å². The van der Waals surface area contributed by atoms with Crippen LogP contribution in [-0.2, 0) is 6.54 Å². The van der Waals surface area contributed by atoms with Crippen LogP contribution < -0.4 is 11.1 Å². The van der Waals surface area contributed by atoms with Crippen LogP contribution in [0.3, 0.4) is 0 Å². The third kappa shape index (κ3) is 5.50. The van der Waals surface area contributed by atoms with Gasteiger partial charge in [-0.15, -0.1) is 5.10 Å². The van der Waals surface area contributed by atoms with Crippen molar-refractivity contribution in [1.29, 1.82) is 0 Å². The lowest BCUT2D eigenvalue weighted by molar-refractivity contribution is 0.340. The van der Waals surface area contributed by atoms with Gasteiger partial charge in [0.25, 0.3) is 0 Å². The molecule has 1 saturated carbocycles. The van der Waals surface area contributed by atoms with Crippen LogP contribution in [0.4, 0.5) is 5.82 Å². The van der Waals surface area contributed by atoms with Gasteiger partial charge in [-0.3, -0.25) is 4.68 Å². The number of aromatic nitrogens is 6. The van der Waals surface area contributed by atoms with Crippen LogP contribution in [0, 0.1) is 0 Å². The molecule has 7 rings (SSSR count). The molecule has 212 valence electrons. The number of nitrogen functional groups attached to an aromatic ring is 1. The molecule has 1 unspecified atom stereocenters. The summed E-state index contributed by atoms with van der Waals surface area (Å²) in [6.45, 7) is 1.59. The molecule has 8 nitrogen and oxygen atoms in total. The van der Waals surface area contributed by atoms with E-state index in [4.69, 9.17) is 10.8 Å². The molecule has 1 atom stereocenters. The average Bonchev–Trinajstić information content (AvgIpc) is 3.70. The first-order chi connectivity index (χ1) is 20.7. The highest BCUT2D eigenvalue weighted by Gasteiger charge is 2.25. The number of H-pyrrole nitrogens is 1. The van der Waals surface area contributed by atoms with Crippen molar-refractivity contribution in [2.24, 2.45) is 0 Å². The highest BCUT2D eigenvalue weighted by atomic mass is 15.3. The topological polar surface area (TPSA) is 110 Å². The van der Waals surface area contributed by atoms with Gasteiger partial charge < -0.3 is 11.1 Å². The van der Waals surface area contributed by atoms with Gasteiger partial charge in [0, 0.05) is 18.2 Å². The third-order valence-corrected chi connectivity index (χ3v) is 8.86. The molecule has 3 aromatic carbocycles. The Morgan fingerprint density at radius 3 is 2.64 bits per heavy atom. The minimum atomic E-state index is 0.0531.